The van der Waals surface area contributed by atoms with E-state index in [1.807, 2.05) is 0 Å². The summed E-state index contributed by atoms with van der Waals surface area (Å²) in [6.07, 6.45) is -3.22. The van der Waals surface area contributed by atoms with Gasteiger partial charge in [-0.1, -0.05) is 35.3 Å². The van der Waals surface area contributed by atoms with Crippen molar-refractivity contribution in [2.24, 2.45) is 0 Å². The number of hydrogen-bond donors (Lipinski definition) is 2. The molecule has 0 bridgehead atoms. The van der Waals surface area contributed by atoms with E-state index in [0.717, 1.165) is 4.80 Å². The first-order valence-corrected chi connectivity index (χ1v) is 11.4. The minimum atomic E-state index is -4.74. The van der Waals surface area contributed by atoms with Crippen molar-refractivity contribution in [1.29, 1.82) is 0 Å². The summed E-state index contributed by atoms with van der Waals surface area (Å²) >= 11 is 12.5. The Kier molecular flexibility index (Phi) is 7.23. The third kappa shape index (κ3) is 5.59. The Labute approximate surface area is 218 Å². The Morgan fingerprint density at radius 3 is 2.46 bits per heavy atom. The number of anilines is 1. The molecule has 2 aromatic carbocycles. The first-order chi connectivity index (χ1) is 17.5. The molecule has 0 spiro atoms. The normalized spacial score (nSPS) is 11.4. The van der Waals surface area contributed by atoms with Gasteiger partial charge in [0.15, 0.2) is 0 Å². The summed E-state index contributed by atoms with van der Waals surface area (Å²) in [6.45, 7) is 1.48. The number of nitrogens with one attached hydrogen (secondary N) is 2. The minimum Gasteiger partial charge on any atom is -0.355 e. The molecule has 192 valence electrons. The number of halogens is 5. The van der Waals surface area contributed by atoms with E-state index in [-0.39, 0.29) is 23.5 Å². The van der Waals surface area contributed by atoms with Gasteiger partial charge in [-0.25, -0.2) is 0 Å². The first kappa shape index (κ1) is 26.2. The summed E-state index contributed by atoms with van der Waals surface area (Å²) in [6, 6.07) is 11.2. The number of amides is 2. The molecule has 2 heterocycles. The SMILES string of the molecule is CNC(=O)c1cc(Cl)cc(C)c1NC(=O)c1cc(Cn2nnc(C(F)(F)F)n2)cn1-c1ccccc1Cl. The zero-order valence-electron chi connectivity index (χ0n) is 19.3. The molecule has 2 N–H and O–H groups in total. The summed E-state index contributed by atoms with van der Waals surface area (Å²) < 4.78 is 40.1. The van der Waals surface area contributed by atoms with E-state index in [1.54, 1.807) is 37.3 Å². The van der Waals surface area contributed by atoms with Crippen molar-refractivity contribution in [3.8, 4) is 5.69 Å². The molecular weight excluding hydrogens is 534 g/mol. The average Bonchev–Trinajstić information content (AvgIpc) is 3.48. The average molecular weight is 552 g/mol. The van der Waals surface area contributed by atoms with Crippen molar-refractivity contribution in [2.75, 3.05) is 12.4 Å². The van der Waals surface area contributed by atoms with Crippen molar-refractivity contribution in [3.05, 3.63) is 86.9 Å². The molecule has 0 fully saturated rings. The number of benzene rings is 2. The lowest BCUT2D eigenvalue weighted by atomic mass is 10.1. The molecule has 14 heteroatoms. The van der Waals surface area contributed by atoms with Crippen LogP contribution in [0.1, 0.15) is 37.8 Å². The van der Waals surface area contributed by atoms with Gasteiger partial charge in [0, 0.05) is 18.3 Å². The quantitative estimate of drug-likeness (QED) is 0.359. The van der Waals surface area contributed by atoms with Gasteiger partial charge < -0.3 is 15.2 Å². The second-order valence-corrected chi connectivity index (χ2v) is 8.72. The molecule has 0 aliphatic heterocycles. The number of aryl methyl sites for hydroxylation is 1. The molecule has 0 atom stereocenters. The van der Waals surface area contributed by atoms with Gasteiger partial charge >= 0.3 is 6.18 Å². The second kappa shape index (κ2) is 10.2. The van der Waals surface area contributed by atoms with Crippen molar-refractivity contribution in [2.45, 2.75) is 19.6 Å². The highest BCUT2D eigenvalue weighted by atomic mass is 35.5. The number of aromatic nitrogens is 5. The van der Waals surface area contributed by atoms with E-state index >= 15 is 0 Å². The fourth-order valence-electron chi connectivity index (χ4n) is 3.61. The van der Waals surface area contributed by atoms with Gasteiger partial charge in [0.1, 0.15) is 5.69 Å². The summed E-state index contributed by atoms with van der Waals surface area (Å²) in [5, 5.41) is 15.7. The van der Waals surface area contributed by atoms with Crippen molar-refractivity contribution >= 4 is 40.7 Å². The third-order valence-electron chi connectivity index (χ3n) is 5.26. The zero-order valence-corrected chi connectivity index (χ0v) is 20.8. The number of rotatable bonds is 6. The van der Waals surface area contributed by atoms with Crippen molar-refractivity contribution < 1.29 is 22.8 Å². The Hall–Kier alpha value is -3.90. The number of para-hydroxylation sites is 1. The zero-order chi connectivity index (χ0) is 26.9. The molecule has 9 nitrogen and oxygen atoms in total. The highest BCUT2D eigenvalue weighted by Gasteiger charge is 2.36. The van der Waals surface area contributed by atoms with E-state index in [1.165, 1.54) is 29.9 Å². The fraction of sp³-hybridized carbons (Fsp3) is 0.174. The highest BCUT2D eigenvalue weighted by Crippen LogP contribution is 2.29. The molecule has 2 aromatic heterocycles. The number of hydrogen-bond acceptors (Lipinski definition) is 5. The van der Waals surface area contributed by atoms with Crippen molar-refractivity contribution in [1.82, 2.24) is 30.1 Å². The number of nitrogens with zero attached hydrogens (tertiary/aromatic N) is 5. The topological polar surface area (TPSA) is 107 Å². The van der Waals surface area contributed by atoms with Crippen LogP contribution in [0.2, 0.25) is 10.0 Å². The van der Waals surface area contributed by atoms with E-state index in [4.69, 9.17) is 23.2 Å². The summed E-state index contributed by atoms with van der Waals surface area (Å²) in [5.41, 5.74) is 1.88. The van der Waals surface area contributed by atoms with E-state index < -0.39 is 23.8 Å². The molecule has 0 saturated carbocycles. The van der Waals surface area contributed by atoms with Crippen LogP contribution in [-0.2, 0) is 12.7 Å². The van der Waals surface area contributed by atoms with Crippen LogP contribution >= 0.6 is 23.2 Å². The van der Waals surface area contributed by atoms with Crippen LogP contribution in [0, 0.1) is 6.92 Å². The van der Waals surface area contributed by atoms with Crippen LogP contribution in [0.5, 0.6) is 0 Å². The van der Waals surface area contributed by atoms with Crippen molar-refractivity contribution in [3.63, 3.8) is 0 Å². The van der Waals surface area contributed by atoms with E-state index in [2.05, 4.69) is 26.0 Å². The van der Waals surface area contributed by atoms with Gasteiger partial charge in [-0.3, -0.25) is 9.59 Å². The first-order valence-electron chi connectivity index (χ1n) is 10.6. The number of carbonyl (C=O) groups excluding carboxylic acids is 2. The molecule has 37 heavy (non-hydrogen) atoms. The summed E-state index contributed by atoms with van der Waals surface area (Å²) in [5.74, 6) is -2.44. The van der Waals surface area contributed by atoms with Crippen LogP contribution in [0.15, 0.2) is 48.7 Å². The van der Waals surface area contributed by atoms with Gasteiger partial charge in [0.2, 0.25) is 0 Å². The lowest BCUT2D eigenvalue weighted by Crippen LogP contribution is -2.23. The van der Waals surface area contributed by atoms with Gasteiger partial charge in [-0.2, -0.15) is 18.0 Å². The molecule has 2 amide bonds. The maximum atomic E-state index is 13.5. The smallest absolute Gasteiger partial charge is 0.355 e. The maximum Gasteiger partial charge on any atom is 0.455 e. The molecular formula is C23H18Cl2F3N7O2. The standard InChI is InChI=1S/C23H18Cl2F3N7O2/c1-12-7-14(24)9-15(20(36)29-2)19(12)30-21(37)18-8-13(10-34(18)17-6-4-3-5-16(17)25)11-35-32-22(31-33-35)23(26,27)28/h3-10H,11H2,1-2H3,(H,29,36)(H,30,37). The monoisotopic (exact) mass is 551 g/mol. The lowest BCUT2D eigenvalue weighted by molar-refractivity contribution is -0.145. The minimum absolute atomic E-state index is 0.0940. The van der Waals surface area contributed by atoms with Crippen LogP contribution < -0.4 is 10.6 Å². The van der Waals surface area contributed by atoms with Gasteiger partial charge in [0.05, 0.1) is 28.5 Å². The van der Waals surface area contributed by atoms with Crippen LogP contribution in [0.3, 0.4) is 0 Å². The molecule has 4 aromatic rings. The third-order valence-corrected chi connectivity index (χ3v) is 5.80. The highest BCUT2D eigenvalue weighted by molar-refractivity contribution is 6.32. The Balaban J connectivity index is 1.75. The molecule has 4 rings (SSSR count). The Morgan fingerprint density at radius 1 is 1.08 bits per heavy atom. The van der Waals surface area contributed by atoms with Crippen LogP contribution in [-0.4, -0.2) is 43.6 Å². The molecule has 0 aliphatic carbocycles. The van der Waals surface area contributed by atoms with E-state index in [0.29, 0.717) is 26.9 Å². The maximum absolute atomic E-state index is 13.5. The summed E-state index contributed by atoms with van der Waals surface area (Å²) in [7, 11) is 1.45. The van der Waals surface area contributed by atoms with Crippen LogP contribution in [0.25, 0.3) is 5.69 Å². The summed E-state index contributed by atoms with van der Waals surface area (Å²) in [4.78, 5) is 26.7. The van der Waals surface area contributed by atoms with Gasteiger partial charge in [0.25, 0.3) is 17.6 Å². The molecule has 0 saturated heterocycles. The fourth-order valence-corrected chi connectivity index (χ4v) is 4.11. The number of alkyl halides is 3. The Bertz CT molecular complexity index is 1500. The Morgan fingerprint density at radius 2 is 1.81 bits per heavy atom. The van der Waals surface area contributed by atoms with E-state index in [9.17, 15) is 22.8 Å². The second-order valence-electron chi connectivity index (χ2n) is 7.87. The molecule has 0 aliphatic rings. The van der Waals surface area contributed by atoms with Gasteiger partial charge in [-0.15, -0.1) is 10.2 Å². The largest absolute Gasteiger partial charge is 0.455 e. The predicted molar refractivity (Wildman–Crippen MR) is 130 cm³/mol. The molecule has 0 radical (unpaired) electrons. The number of tetrazole rings is 1. The van der Waals surface area contributed by atoms with Crippen LogP contribution in [0.4, 0.5) is 18.9 Å². The molecule has 0 unspecified atom stereocenters. The number of carbonyl (C=O) groups is 2. The van der Waals surface area contributed by atoms with Gasteiger partial charge in [-0.05, 0) is 53.6 Å². The predicted octanol–water partition coefficient (Wildman–Crippen LogP) is 4.76. The lowest BCUT2D eigenvalue weighted by Gasteiger charge is -2.15.